The monoisotopic (exact) mass is 262 g/mol. The zero-order valence-electron chi connectivity index (χ0n) is 10.9. The van der Waals surface area contributed by atoms with Crippen molar-refractivity contribution in [2.45, 2.75) is 38.0 Å². The van der Waals surface area contributed by atoms with E-state index < -0.39 is 5.97 Å². The molecule has 0 atom stereocenters. The SMILES string of the molecule is O=C(O)CC=C[C@H]1CC[C@H](c2ccc(F)cc2)CC1. The Morgan fingerprint density at radius 3 is 2.42 bits per heavy atom. The molecular formula is C16H19FO2. The van der Waals surface area contributed by atoms with Gasteiger partial charge in [-0.25, -0.2) is 4.39 Å². The summed E-state index contributed by atoms with van der Waals surface area (Å²) >= 11 is 0. The molecule has 1 aromatic rings. The maximum Gasteiger partial charge on any atom is 0.307 e. The van der Waals surface area contributed by atoms with Crippen LogP contribution in [0.3, 0.4) is 0 Å². The number of carbonyl (C=O) groups is 1. The summed E-state index contributed by atoms with van der Waals surface area (Å²) in [6, 6.07) is 6.80. The summed E-state index contributed by atoms with van der Waals surface area (Å²) in [6.07, 6.45) is 8.25. The molecule has 1 N–H and O–H groups in total. The second kappa shape index (κ2) is 6.50. The fourth-order valence-corrected chi connectivity index (χ4v) is 2.74. The van der Waals surface area contributed by atoms with E-state index in [1.54, 1.807) is 6.08 Å². The summed E-state index contributed by atoms with van der Waals surface area (Å²) < 4.78 is 12.9. The largest absolute Gasteiger partial charge is 0.481 e. The van der Waals surface area contributed by atoms with Gasteiger partial charge in [-0.3, -0.25) is 4.79 Å². The van der Waals surface area contributed by atoms with Crippen molar-refractivity contribution in [3.63, 3.8) is 0 Å². The molecule has 0 aromatic heterocycles. The summed E-state index contributed by atoms with van der Waals surface area (Å²) in [7, 11) is 0. The van der Waals surface area contributed by atoms with Crippen LogP contribution in [0.1, 0.15) is 43.6 Å². The third kappa shape index (κ3) is 4.19. The molecule has 1 saturated carbocycles. The van der Waals surface area contributed by atoms with Gasteiger partial charge in [0.25, 0.3) is 0 Å². The number of carboxylic acids is 1. The van der Waals surface area contributed by atoms with E-state index in [0.717, 1.165) is 25.7 Å². The van der Waals surface area contributed by atoms with E-state index in [9.17, 15) is 9.18 Å². The Hall–Kier alpha value is -1.64. The number of allylic oxidation sites excluding steroid dienone is 1. The molecule has 0 saturated heterocycles. The standard InChI is InChI=1S/C16H19FO2/c17-15-10-8-14(9-11-15)13-6-4-12(5-7-13)2-1-3-16(18)19/h1-2,8-13H,3-7H2,(H,18,19)/t12-,13-. The van der Waals surface area contributed by atoms with Crippen LogP contribution < -0.4 is 0 Å². The third-order valence-corrected chi connectivity index (χ3v) is 3.81. The molecular weight excluding hydrogens is 243 g/mol. The smallest absolute Gasteiger partial charge is 0.307 e. The van der Waals surface area contributed by atoms with E-state index in [1.165, 1.54) is 17.7 Å². The van der Waals surface area contributed by atoms with Crippen LogP contribution in [0.5, 0.6) is 0 Å². The minimum Gasteiger partial charge on any atom is -0.481 e. The molecule has 0 unspecified atom stereocenters. The van der Waals surface area contributed by atoms with Crippen molar-refractivity contribution in [3.8, 4) is 0 Å². The summed E-state index contributed by atoms with van der Waals surface area (Å²) in [5, 5.41) is 8.57. The molecule has 0 bridgehead atoms. The van der Waals surface area contributed by atoms with Crippen molar-refractivity contribution < 1.29 is 14.3 Å². The van der Waals surface area contributed by atoms with Crippen LogP contribution in [0.15, 0.2) is 36.4 Å². The zero-order valence-corrected chi connectivity index (χ0v) is 10.9. The molecule has 0 heterocycles. The number of halogens is 1. The molecule has 1 aliphatic carbocycles. The zero-order chi connectivity index (χ0) is 13.7. The highest BCUT2D eigenvalue weighted by Gasteiger charge is 2.20. The van der Waals surface area contributed by atoms with Crippen molar-refractivity contribution in [3.05, 3.63) is 47.8 Å². The van der Waals surface area contributed by atoms with Crippen molar-refractivity contribution >= 4 is 5.97 Å². The Morgan fingerprint density at radius 2 is 1.84 bits per heavy atom. The predicted octanol–water partition coefficient (Wildman–Crippen LogP) is 4.13. The molecule has 3 heteroatoms. The average Bonchev–Trinajstić information content (AvgIpc) is 2.40. The lowest BCUT2D eigenvalue weighted by Crippen LogP contribution is -2.11. The van der Waals surface area contributed by atoms with Crippen molar-refractivity contribution in [2.75, 3.05) is 0 Å². The van der Waals surface area contributed by atoms with Crippen LogP contribution >= 0.6 is 0 Å². The van der Waals surface area contributed by atoms with E-state index in [2.05, 4.69) is 0 Å². The summed E-state index contributed by atoms with van der Waals surface area (Å²) in [6.45, 7) is 0. The molecule has 1 fully saturated rings. The average molecular weight is 262 g/mol. The molecule has 0 amide bonds. The number of aliphatic carboxylic acids is 1. The van der Waals surface area contributed by atoms with Crippen molar-refractivity contribution in [1.82, 2.24) is 0 Å². The second-order valence-electron chi connectivity index (χ2n) is 5.19. The Kier molecular flexibility index (Phi) is 4.72. The van der Waals surface area contributed by atoms with E-state index in [-0.39, 0.29) is 12.2 Å². The first-order valence-electron chi connectivity index (χ1n) is 6.79. The molecule has 1 aromatic carbocycles. The number of benzene rings is 1. The minimum atomic E-state index is -0.781. The lowest BCUT2D eigenvalue weighted by atomic mass is 9.78. The first-order chi connectivity index (χ1) is 9.15. The lowest BCUT2D eigenvalue weighted by molar-refractivity contribution is -0.136. The number of hydrogen-bond donors (Lipinski definition) is 1. The van der Waals surface area contributed by atoms with Gasteiger partial charge in [-0.1, -0.05) is 24.3 Å². The molecule has 102 valence electrons. The van der Waals surface area contributed by atoms with Gasteiger partial charge < -0.3 is 5.11 Å². The second-order valence-corrected chi connectivity index (χ2v) is 5.19. The fraction of sp³-hybridized carbons (Fsp3) is 0.438. The Balaban J connectivity index is 1.83. The van der Waals surface area contributed by atoms with Crippen LogP contribution in [0.2, 0.25) is 0 Å². The van der Waals surface area contributed by atoms with Gasteiger partial charge >= 0.3 is 5.97 Å². The normalized spacial score (nSPS) is 23.6. The van der Waals surface area contributed by atoms with Gasteiger partial charge in [0.05, 0.1) is 6.42 Å². The maximum absolute atomic E-state index is 12.9. The van der Waals surface area contributed by atoms with Crippen LogP contribution in [-0.4, -0.2) is 11.1 Å². The quantitative estimate of drug-likeness (QED) is 0.828. The highest BCUT2D eigenvalue weighted by molar-refractivity contribution is 5.68. The molecule has 2 rings (SSSR count). The Morgan fingerprint density at radius 1 is 1.21 bits per heavy atom. The van der Waals surface area contributed by atoms with Gasteiger partial charge in [0.1, 0.15) is 5.82 Å². The molecule has 0 spiro atoms. The fourth-order valence-electron chi connectivity index (χ4n) is 2.74. The van der Waals surface area contributed by atoms with Crippen LogP contribution in [0.25, 0.3) is 0 Å². The predicted molar refractivity (Wildman–Crippen MR) is 72.5 cm³/mol. The molecule has 2 nitrogen and oxygen atoms in total. The van der Waals surface area contributed by atoms with E-state index >= 15 is 0 Å². The van der Waals surface area contributed by atoms with Gasteiger partial charge in [0, 0.05) is 0 Å². The molecule has 0 radical (unpaired) electrons. The summed E-state index contributed by atoms with van der Waals surface area (Å²) in [5.41, 5.74) is 1.22. The van der Waals surface area contributed by atoms with Gasteiger partial charge in [-0.2, -0.15) is 0 Å². The third-order valence-electron chi connectivity index (χ3n) is 3.81. The first-order valence-corrected chi connectivity index (χ1v) is 6.79. The van der Waals surface area contributed by atoms with Gasteiger partial charge in [-0.15, -0.1) is 0 Å². The van der Waals surface area contributed by atoms with Crippen molar-refractivity contribution in [1.29, 1.82) is 0 Å². The number of carboxylic acid groups (broad SMARTS) is 1. The summed E-state index contributed by atoms with van der Waals surface area (Å²) in [5.74, 6) is 0.0473. The van der Waals surface area contributed by atoms with E-state index in [0.29, 0.717) is 11.8 Å². The number of hydrogen-bond acceptors (Lipinski definition) is 1. The van der Waals surface area contributed by atoms with Crippen LogP contribution in [-0.2, 0) is 4.79 Å². The topological polar surface area (TPSA) is 37.3 Å². The highest BCUT2D eigenvalue weighted by atomic mass is 19.1. The van der Waals surface area contributed by atoms with Gasteiger partial charge in [-0.05, 0) is 55.2 Å². The maximum atomic E-state index is 12.9. The lowest BCUT2D eigenvalue weighted by Gasteiger charge is -2.27. The minimum absolute atomic E-state index is 0.109. The van der Waals surface area contributed by atoms with Crippen LogP contribution in [0.4, 0.5) is 4.39 Å². The van der Waals surface area contributed by atoms with Gasteiger partial charge in [0.2, 0.25) is 0 Å². The van der Waals surface area contributed by atoms with Gasteiger partial charge in [0.15, 0.2) is 0 Å². The van der Waals surface area contributed by atoms with E-state index in [1.807, 2.05) is 18.2 Å². The van der Waals surface area contributed by atoms with Crippen molar-refractivity contribution in [2.24, 2.45) is 5.92 Å². The Bertz CT molecular complexity index is 442. The van der Waals surface area contributed by atoms with E-state index in [4.69, 9.17) is 5.11 Å². The number of rotatable bonds is 4. The molecule has 19 heavy (non-hydrogen) atoms. The summed E-state index contributed by atoms with van der Waals surface area (Å²) in [4.78, 5) is 10.4. The highest BCUT2D eigenvalue weighted by Crippen LogP contribution is 2.36. The first kappa shape index (κ1) is 13.8. The molecule has 1 aliphatic rings. The Labute approximate surface area is 113 Å². The van der Waals surface area contributed by atoms with Crippen LogP contribution in [0, 0.1) is 11.7 Å². The molecule has 0 aliphatic heterocycles.